The van der Waals surface area contributed by atoms with E-state index in [9.17, 15) is 14.7 Å². The Hall–Kier alpha value is -3.82. The summed E-state index contributed by atoms with van der Waals surface area (Å²) in [5.41, 5.74) is 4.87. The summed E-state index contributed by atoms with van der Waals surface area (Å²) in [6.07, 6.45) is 2.23. The minimum atomic E-state index is -0.974. The van der Waals surface area contributed by atoms with Gasteiger partial charge in [0.25, 0.3) is 5.91 Å². The van der Waals surface area contributed by atoms with Gasteiger partial charge in [0.15, 0.2) is 0 Å². The Labute approximate surface area is 266 Å². The fourth-order valence-electron chi connectivity index (χ4n) is 6.23. The second-order valence-corrected chi connectivity index (χ2v) is 12.7. The van der Waals surface area contributed by atoms with Gasteiger partial charge in [0.2, 0.25) is 0 Å². The molecule has 1 aliphatic carbocycles. The van der Waals surface area contributed by atoms with Crippen LogP contribution < -0.4 is 14.8 Å². The molecular formula is C35H38BrN3O5. The zero-order chi connectivity index (χ0) is 30.6. The van der Waals surface area contributed by atoms with E-state index in [4.69, 9.17) is 9.47 Å². The molecule has 3 aliphatic rings. The summed E-state index contributed by atoms with van der Waals surface area (Å²) in [5, 5.41) is 13.6. The number of rotatable bonds is 11. The van der Waals surface area contributed by atoms with Crippen LogP contribution in [0.5, 0.6) is 11.5 Å². The van der Waals surface area contributed by atoms with Crippen molar-refractivity contribution in [3.05, 3.63) is 99.5 Å². The Bertz CT molecular complexity index is 1500. The van der Waals surface area contributed by atoms with Crippen molar-refractivity contribution in [2.24, 2.45) is 0 Å². The lowest BCUT2D eigenvalue weighted by Gasteiger charge is -2.47. The fraction of sp³-hybridized carbons (Fsp3) is 0.371. The van der Waals surface area contributed by atoms with Gasteiger partial charge in [-0.2, -0.15) is 0 Å². The summed E-state index contributed by atoms with van der Waals surface area (Å²) in [6.45, 7) is 4.46. The van der Waals surface area contributed by atoms with Crippen LogP contribution in [0.15, 0.2) is 82.8 Å². The van der Waals surface area contributed by atoms with Crippen molar-refractivity contribution in [3.8, 4) is 11.5 Å². The summed E-state index contributed by atoms with van der Waals surface area (Å²) in [6, 6.07) is 23.3. The minimum absolute atomic E-state index is 0.0431. The van der Waals surface area contributed by atoms with Crippen LogP contribution >= 0.6 is 15.9 Å². The highest BCUT2D eigenvalue weighted by atomic mass is 79.9. The largest absolute Gasteiger partial charge is 0.490 e. The first kappa shape index (κ1) is 30.2. The number of carbonyl (C=O) groups is 2. The minimum Gasteiger partial charge on any atom is -0.490 e. The maximum Gasteiger partial charge on any atom is 0.408 e. The second kappa shape index (κ2) is 13.4. The maximum absolute atomic E-state index is 14.5. The third-order valence-corrected chi connectivity index (χ3v) is 9.17. The molecular weight excluding hydrogens is 622 g/mol. The van der Waals surface area contributed by atoms with Crippen LogP contribution in [0.25, 0.3) is 5.57 Å². The number of benzene rings is 3. The molecule has 2 amide bonds. The molecule has 0 aromatic heterocycles. The zero-order valence-corrected chi connectivity index (χ0v) is 26.5. The SMILES string of the molecule is Cc1ccc(CCN(C(=O)C2=C(c3ccc(OCCOc4ccc(Br)cc4)cc3)C[C@@H]3CNC[C@H]2N3C(=O)O)C2CC2)cc1. The number of nitrogens with zero attached hydrogens (tertiary/aromatic N) is 2. The van der Waals surface area contributed by atoms with Crippen molar-refractivity contribution < 1.29 is 24.2 Å². The Morgan fingerprint density at radius 2 is 1.57 bits per heavy atom. The fourth-order valence-corrected chi connectivity index (χ4v) is 6.49. The molecule has 1 saturated heterocycles. The van der Waals surface area contributed by atoms with Crippen LogP contribution in [0.2, 0.25) is 0 Å². The van der Waals surface area contributed by atoms with Gasteiger partial charge in [-0.1, -0.05) is 57.9 Å². The van der Waals surface area contributed by atoms with E-state index in [2.05, 4.69) is 52.4 Å². The number of hydrogen-bond donors (Lipinski definition) is 2. The van der Waals surface area contributed by atoms with Crippen molar-refractivity contribution in [3.63, 3.8) is 0 Å². The summed E-state index contributed by atoms with van der Waals surface area (Å²) in [5.74, 6) is 1.45. The first-order valence-corrected chi connectivity index (χ1v) is 16.1. The number of fused-ring (bicyclic) bond motifs is 2. The van der Waals surface area contributed by atoms with E-state index in [1.54, 1.807) is 0 Å². The number of hydrogen-bond acceptors (Lipinski definition) is 5. The molecule has 9 heteroatoms. The normalized spacial score (nSPS) is 19.5. The monoisotopic (exact) mass is 659 g/mol. The van der Waals surface area contributed by atoms with Crippen LogP contribution in [0.3, 0.4) is 0 Å². The van der Waals surface area contributed by atoms with E-state index in [0.29, 0.717) is 50.6 Å². The Morgan fingerprint density at radius 1 is 0.932 bits per heavy atom. The lowest BCUT2D eigenvalue weighted by Crippen LogP contribution is -2.63. The van der Waals surface area contributed by atoms with Gasteiger partial charge in [-0.25, -0.2) is 4.79 Å². The number of carboxylic acid groups (broad SMARTS) is 1. The quantitative estimate of drug-likeness (QED) is 0.248. The molecule has 2 bridgehead atoms. The van der Waals surface area contributed by atoms with E-state index in [1.165, 1.54) is 16.0 Å². The third-order valence-electron chi connectivity index (χ3n) is 8.64. The highest BCUT2D eigenvalue weighted by Crippen LogP contribution is 2.39. The molecule has 0 spiro atoms. The predicted octanol–water partition coefficient (Wildman–Crippen LogP) is 5.93. The molecule has 2 aliphatic heterocycles. The first-order chi connectivity index (χ1) is 21.4. The average molecular weight is 661 g/mol. The Morgan fingerprint density at radius 3 is 2.18 bits per heavy atom. The lowest BCUT2D eigenvalue weighted by molar-refractivity contribution is -0.128. The number of carbonyl (C=O) groups excluding carboxylic acids is 1. The molecule has 0 unspecified atom stereocenters. The number of amides is 2. The van der Waals surface area contributed by atoms with Crippen LogP contribution in [-0.4, -0.2) is 77.9 Å². The highest BCUT2D eigenvalue weighted by molar-refractivity contribution is 9.10. The maximum atomic E-state index is 14.5. The lowest BCUT2D eigenvalue weighted by atomic mass is 9.82. The first-order valence-electron chi connectivity index (χ1n) is 15.3. The second-order valence-electron chi connectivity index (χ2n) is 11.8. The molecule has 3 aromatic rings. The van der Waals surface area contributed by atoms with Gasteiger partial charge in [-0.15, -0.1) is 0 Å². The number of piperazine rings is 1. The zero-order valence-electron chi connectivity index (χ0n) is 24.9. The highest BCUT2D eigenvalue weighted by Gasteiger charge is 2.46. The number of halogens is 1. The summed E-state index contributed by atoms with van der Waals surface area (Å²) in [4.78, 5) is 30.4. The molecule has 2 fully saturated rings. The number of nitrogens with one attached hydrogen (secondary N) is 1. The smallest absolute Gasteiger partial charge is 0.408 e. The molecule has 6 rings (SSSR count). The van der Waals surface area contributed by atoms with Gasteiger partial charge >= 0.3 is 6.09 Å². The van der Waals surface area contributed by atoms with Gasteiger partial charge < -0.3 is 24.8 Å². The van der Waals surface area contributed by atoms with Gasteiger partial charge in [0.1, 0.15) is 24.7 Å². The average Bonchev–Trinajstić information content (AvgIpc) is 3.86. The molecule has 2 atom stereocenters. The summed E-state index contributed by atoms with van der Waals surface area (Å²) >= 11 is 3.42. The Balaban J connectivity index is 1.22. The molecule has 8 nitrogen and oxygen atoms in total. The van der Waals surface area contributed by atoms with E-state index in [1.807, 2.05) is 53.4 Å². The standard InChI is InChI=1S/C35H38BrN3O5/c1-23-2-4-24(5-3-23)16-17-38(27-10-11-27)34(40)33-31(20-28-21-37-22-32(33)39(28)35(41)42)25-6-12-29(13-7-25)43-18-19-44-30-14-8-26(36)9-15-30/h2-9,12-15,27-28,32,37H,10-11,16-22H2,1H3,(H,41,42)/t28-,32-/m1/s1. The molecule has 3 aromatic carbocycles. The van der Waals surface area contributed by atoms with Crippen molar-refractivity contribution in [2.45, 2.75) is 50.7 Å². The van der Waals surface area contributed by atoms with Crippen molar-refractivity contribution >= 4 is 33.5 Å². The van der Waals surface area contributed by atoms with Crippen LogP contribution in [0.1, 0.15) is 36.0 Å². The Kier molecular flexibility index (Phi) is 9.23. The van der Waals surface area contributed by atoms with Crippen LogP contribution in [0.4, 0.5) is 4.79 Å². The van der Waals surface area contributed by atoms with E-state index >= 15 is 0 Å². The van der Waals surface area contributed by atoms with Gasteiger partial charge in [0.05, 0.1) is 12.1 Å². The topological polar surface area (TPSA) is 91.3 Å². The van der Waals surface area contributed by atoms with Crippen LogP contribution in [0, 0.1) is 6.92 Å². The molecule has 1 saturated carbocycles. The van der Waals surface area contributed by atoms with Crippen LogP contribution in [-0.2, 0) is 11.2 Å². The predicted molar refractivity (Wildman–Crippen MR) is 173 cm³/mol. The van der Waals surface area contributed by atoms with Gasteiger partial charge in [0, 0.05) is 35.7 Å². The van der Waals surface area contributed by atoms with Crippen molar-refractivity contribution in [2.75, 3.05) is 32.8 Å². The van der Waals surface area contributed by atoms with Crippen molar-refractivity contribution in [1.82, 2.24) is 15.1 Å². The summed E-state index contributed by atoms with van der Waals surface area (Å²) < 4.78 is 12.7. The van der Waals surface area contributed by atoms with Gasteiger partial charge in [-0.05, 0) is 85.7 Å². The molecule has 2 N–H and O–H groups in total. The molecule has 44 heavy (non-hydrogen) atoms. The molecule has 230 valence electrons. The van der Waals surface area contributed by atoms with E-state index < -0.39 is 12.1 Å². The number of ether oxygens (including phenoxy) is 2. The van der Waals surface area contributed by atoms with Gasteiger partial charge in [-0.3, -0.25) is 9.69 Å². The van der Waals surface area contributed by atoms with E-state index in [-0.39, 0.29) is 18.0 Å². The number of aryl methyl sites for hydroxylation is 1. The molecule has 2 heterocycles. The van der Waals surface area contributed by atoms with Crippen molar-refractivity contribution in [1.29, 1.82) is 0 Å². The van der Waals surface area contributed by atoms with E-state index in [0.717, 1.165) is 40.6 Å². The molecule has 0 radical (unpaired) electrons. The third kappa shape index (κ3) is 6.94. The summed E-state index contributed by atoms with van der Waals surface area (Å²) in [7, 11) is 0.